The van der Waals surface area contributed by atoms with Crippen LogP contribution in [0.4, 0.5) is 0 Å². The first-order chi connectivity index (χ1) is 10.8. The van der Waals surface area contributed by atoms with Gasteiger partial charge in [0.25, 0.3) is 0 Å². The van der Waals surface area contributed by atoms with E-state index in [0.29, 0.717) is 12.5 Å². The lowest BCUT2D eigenvalue weighted by atomic mass is 10.0. The minimum atomic E-state index is 0.259. The Morgan fingerprint density at radius 3 is 2.73 bits per heavy atom. The summed E-state index contributed by atoms with van der Waals surface area (Å²) >= 11 is 0. The number of aromatic amines is 1. The van der Waals surface area contributed by atoms with Crippen molar-refractivity contribution in [3.63, 3.8) is 0 Å². The third-order valence-corrected chi connectivity index (χ3v) is 4.06. The molecule has 112 valence electrons. The molecule has 22 heavy (non-hydrogen) atoms. The maximum atomic E-state index is 9.47. The molecule has 0 amide bonds. The van der Waals surface area contributed by atoms with Gasteiger partial charge in [-0.25, -0.2) is 0 Å². The lowest BCUT2D eigenvalue weighted by Crippen LogP contribution is -2.45. The van der Waals surface area contributed by atoms with Crippen molar-refractivity contribution in [1.82, 2.24) is 15.5 Å². The zero-order valence-corrected chi connectivity index (χ0v) is 12.0. The fourth-order valence-corrected chi connectivity index (χ4v) is 2.63. The van der Waals surface area contributed by atoms with Gasteiger partial charge < -0.3 is 15.2 Å². The van der Waals surface area contributed by atoms with E-state index in [1.165, 1.54) is 0 Å². The number of phenols is 1. The molecule has 1 aliphatic heterocycles. The second-order valence-corrected chi connectivity index (χ2v) is 5.69. The monoisotopic (exact) mass is 295 g/mol. The van der Waals surface area contributed by atoms with Crippen molar-refractivity contribution in [3.8, 4) is 22.6 Å². The Bertz CT molecular complexity index is 791. The number of fused-ring (bicyclic) bond motifs is 1. The molecule has 3 aromatic rings. The molecule has 1 saturated heterocycles. The highest BCUT2D eigenvalue weighted by Crippen LogP contribution is 2.34. The molecular weight excluding hydrogens is 278 g/mol. The van der Waals surface area contributed by atoms with Crippen molar-refractivity contribution >= 4 is 10.9 Å². The molecule has 1 fully saturated rings. The van der Waals surface area contributed by atoms with Crippen LogP contribution in [-0.4, -0.2) is 35.0 Å². The number of benzene rings is 2. The molecule has 2 aromatic carbocycles. The van der Waals surface area contributed by atoms with Crippen LogP contribution in [0.25, 0.3) is 22.0 Å². The van der Waals surface area contributed by atoms with Gasteiger partial charge in [0.15, 0.2) is 0 Å². The third kappa shape index (κ3) is 2.40. The molecule has 0 atom stereocenters. The maximum absolute atomic E-state index is 9.47. The number of nitrogens with zero attached hydrogens (tertiary/aromatic N) is 1. The molecule has 5 nitrogen and oxygen atoms in total. The number of hydrogen-bond donors (Lipinski definition) is 3. The number of nitrogens with one attached hydrogen (secondary N) is 2. The smallest absolute Gasteiger partial charge is 0.127 e. The normalized spacial score (nSPS) is 14.9. The van der Waals surface area contributed by atoms with Crippen LogP contribution in [0.15, 0.2) is 42.6 Å². The van der Waals surface area contributed by atoms with Crippen molar-refractivity contribution in [3.05, 3.63) is 42.6 Å². The van der Waals surface area contributed by atoms with E-state index < -0.39 is 0 Å². The summed E-state index contributed by atoms with van der Waals surface area (Å²) in [5.74, 6) is 1.69. The molecular formula is C17H17N3O2. The lowest BCUT2D eigenvalue weighted by molar-refractivity contribution is 0.200. The highest BCUT2D eigenvalue weighted by atomic mass is 16.5. The highest BCUT2D eigenvalue weighted by molar-refractivity contribution is 5.87. The van der Waals surface area contributed by atoms with E-state index >= 15 is 0 Å². The van der Waals surface area contributed by atoms with Crippen molar-refractivity contribution < 1.29 is 9.84 Å². The van der Waals surface area contributed by atoms with Gasteiger partial charge in [0.2, 0.25) is 0 Å². The van der Waals surface area contributed by atoms with E-state index in [2.05, 4.69) is 15.5 Å². The Hall–Kier alpha value is -2.53. The van der Waals surface area contributed by atoms with Crippen LogP contribution in [0.2, 0.25) is 0 Å². The summed E-state index contributed by atoms with van der Waals surface area (Å²) in [6.07, 6.45) is 1.80. The fourth-order valence-electron chi connectivity index (χ4n) is 2.63. The number of hydrogen-bond acceptors (Lipinski definition) is 4. The summed E-state index contributed by atoms with van der Waals surface area (Å²) in [5, 5.41) is 20.8. The molecule has 0 spiro atoms. The molecule has 1 aliphatic rings. The Morgan fingerprint density at radius 2 is 2.00 bits per heavy atom. The molecule has 4 rings (SSSR count). The Labute approximate surface area is 127 Å². The molecule has 0 unspecified atom stereocenters. The van der Waals surface area contributed by atoms with Crippen LogP contribution in [0.3, 0.4) is 0 Å². The first-order valence-corrected chi connectivity index (χ1v) is 7.39. The van der Waals surface area contributed by atoms with Crippen molar-refractivity contribution in [2.75, 3.05) is 19.7 Å². The molecule has 5 heteroatoms. The first kappa shape index (κ1) is 13.2. The molecule has 0 saturated carbocycles. The fraction of sp³-hybridized carbons (Fsp3) is 0.235. The van der Waals surface area contributed by atoms with Crippen molar-refractivity contribution in [1.29, 1.82) is 0 Å². The number of aromatic hydroxyl groups is 1. The van der Waals surface area contributed by atoms with E-state index in [1.807, 2.05) is 24.3 Å². The second kappa shape index (κ2) is 5.35. The van der Waals surface area contributed by atoms with E-state index in [0.717, 1.165) is 40.9 Å². The van der Waals surface area contributed by atoms with Gasteiger partial charge >= 0.3 is 0 Å². The van der Waals surface area contributed by atoms with Gasteiger partial charge in [-0.1, -0.05) is 12.1 Å². The van der Waals surface area contributed by atoms with Gasteiger partial charge in [-0.15, -0.1) is 0 Å². The van der Waals surface area contributed by atoms with Gasteiger partial charge in [0.1, 0.15) is 11.5 Å². The molecule has 0 bridgehead atoms. The van der Waals surface area contributed by atoms with Crippen LogP contribution >= 0.6 is 0 Å². The summed E-state index contributed by atoms with van der Waals surface area (Å²) in [6.45, 7) is 2.74. The van der Waals surface area contributed by atoms with Crippen LogP contribution in [0.5, 0.6) is 11.5 Å². The number of phenolic OH excluding ortho intramolecular Hbond substituents is 1. The lowest BCUT2D eigenvalue weighted by Gasteiger charge is -2.27. The predicted molar refractivity (Wildman–Crippen MR) is 85.0 cm³/mol. The maximum Gasteiger partial charge on any atom is 0.127 e. The SMILES string of the molecule is Oc1ccc(-c2cc3[nH]ncc3cc2OCC2CNC2)cc1. The van der Waals surface area contributed by atoms with Gasteiger partial charge in [-0.05, 0) is 29.8 Å². The minimum Gasteiger partial charge on any atom is -0.508 e. The number of aromatic nitrogens is 2. The van der Waals surface area contributed by atoms with E-state index in [1.54, 1.807) is 18.3 Å². The van der Waals surface area contributed by atoms with Crippen molar-refractivity contribution in [2.45, 2.75) is 0 Å². The number of H-pyrrole nitrogens is 1. The Kier molecular flexibility index (Phi) is 3.20. The molecule has 1 aromatic heterocycles. The van der Waals surface area contributed by atoms with Gasteiger partial charge in [0, 0.05) is 30.0 Å². The first-order valence-electron chi connectivity index (χ1n) is 7.39. The third-order valence-electron chi connectivity index (χ3n) is 4.06. The quantitative estimate of drug-likeness (QED) is 0.692. The molecule has 2 heterocycles. The average molecular weight is 295 g/mol. The standard InChI is InChI=1S/C17H17N3O2/c21-14-3-1-12(2-4-14)15-6-16-13(9-19-20-16)5-17(15)22-10-11-7-18-8-11/h1-6,9,11,18,21H,7-8,10H2,(H,19,20). The summed E-state index contributed by atoms with van der Waals surface area (Å²) < 4.78 is 6.06. The minimum absolute atomic E-state index is 0.259. The number of rotatable bonds is 4. The van der Waals surface area contributed by atoms with Crippen LogP contribution < -0.4 is 10.1 Å². The van der Waals surface area contributed by atoms with Crippen LogP contribution in [-0.2, 0) is 0 Å². The topological polar surface area (TPSA) is 70.2 Å². The van der Waals surface area contributed by atoms with Gasteiger partial charge in [0.05, 0.1) is 18.3 Å². The summed E-state index contributed by atoms with van der Waals surface area (Å²) in [4.78, 5) is 0. The average Bonchev–Trinajstić information content (AvgIpc) is 2.93. The zero-order chi connectivity index (χ0) is 14.9. The Morgan fingerprint density at radius 1 is 1.18 bits per heavy atom. The molecule has 0 aliphatic carbocycles. The van der Waals surface area contributed by atoms with Crippen molar-refractivity contribution in [2.24, 2.45) is 5.92 Å². The summed E-state index contributed by atoms with van der Waals surface area (Å²) in [6, 6.07) is 11.2. The van der Waals surface area contributed by atoms with E-state index in [4.69, 9.17) is 4.74 Å². The van der Waals surface area contributed by atoms with Crippen LogP contribution in [0.1, 0.15) is 0 Å². The molecule has 3 N–H and O–H groups in total. The zero-order valence-electron chi connectivity index (χ0n) is 12.0. The second-order valence-electron chi connectivity index (χ2n) is 5.69. The largest absolute Gasteiger partial charge is 0.508 e. The molecule has 0 radical (unpaired) electrons. The van der Waals surface area contributed by atoms with E-state index in [9.17, 15) is 5.11 Å². The highest BCUT2D eigenvalue weighted by Gasteiger charge is 2.18. The number of ether oxygens (including phenoxy) is 1. The summed E-state index contributed by atoms with van der Waals surface area (Å²) in [7, 11) is 0. The van der Waals surface area contributed by atoms with Crippen LogP contribution in [0, 0.1) is 5.92 Å². The Balaban J connectivity index is 1.73. The predicted octanol–water partition coefficient (Wildman–Crippen LogP) is 2.53. The van der Waals surface area contributed by atoms with Gasteiger partial charge in [-0.2, -0.15) is 5.10 Å². The van der Waals surface area contributed by atoms with E-state index in [-0.39, 0.29) is 5.75 Å². The summed E-state index contributed by atoms with van der Waals surface area (Å²) in [5.41, 5.74) is 2.99. The van der Waals surface area contributed by atoms with Gasteiger partial charge in [-0.3, -0.25) is 5.10 Å².